The van der Waals surface area contributed by atoms with E-state index in [1.807, 2.05) is 11.4 Å². The van der Waals surface area contributed by atoms with Crippen LogP contribution in [0.3, 0.4) is 0 Å². The van der Waals surface area contributed by atoms with Gasteiger partial charge in [0.2, 0.25) is 0 Å². The van der Waals surface area contributed by atoms with Gasteiger partial charge in [0.15, 0.2) is 5.56 Å². The zero-order chi connectivity index (χ0) is 16.7. The van der Waals surface area contributed by atoms with E-state index in [1.54, 1.807) is 17.4 Å². The van der Waals surface area contributed by atoms with E-state index in [0.717, 1.165) is 30.0 Å². The molecule has 3 aromatic heterocycles. The number of nitriles is 1. The molecule has 4 rings (SSSR count). The lowest BCUT2D eigenvalue weighted by atomic mass is 10.1. The highest BCUT2D eigenvalue weighted by atomic mass is 32.1. The van der Waals surface area contributed by atoms with Crippen LogP contribution in [0, 0.1) is 11.3 Å². The average molecular weight is 355 g/mol. The molecule has 5 nitrogen and oxygen atoms in total. The van der Waals surface area contributed by atoms with Gasteiger partial charge >= 0.3 is 0 Å². The molecule has 0 aromatic carbocycles. The Morgan fingerprint density at radius 2 is 2.12 bits per heavy atom. The minimum Gasteiger partial charge on any atom is -0.506 e. The summed E-state index contributed by atoms with van der Waals surface area (Å²) in [5, 5.41) is 25.2. The number of nitrogens with zero attached hydrogens (tertiary/aromatic N) is 1. The van der Waals surface area contributed by atoms with Crippen molar-refractivity contribution in [1.29, 1.82) is 5.26 Å². The Bertz CT molecular complexity index is 1070. The van der Waals surface area contributed by atoms with Crippen LogP contribution in [-0.2, 0) is 0 Å². The fourth-order valence-corrected chi connectivity index (χ4v) is 5.00. The van der Waals surface area contributed by atoms with Gasteiger partial charge in [-0.1, -0.05) is 6.08 Å². The normalized spacial score (nSPS) is 14.5. The third-order valence-electron chi connectivity index (χ3n) is 4.08. The molecule has 0 unspecified atom stereocenters. The highest BCUT2D eigenvalue weighted by Gasteiger charge is 2.19. The Morgan fingerprint density at radius 1 is 1.29 bits per heavy atom. The lowest BCUT2D eigenvalue weighted by Gasteiger charge is -2.12. The average Bonchev–Trinajstić information content (AvgIpc) is 3.22. The fraction of sp³-hybridized carbons (Fsp3) is 0.176. The molecule has 4 heterocycles. The number of thiophene rings is 2. The Balaban J connectivity index is 1.86. The smallest absolute Gasteiger partial charge is 0.270 e. The number of aromatic hydroxyl groups is 1. The van der Waals surface area contributed by atoms with Crippen LogP contribution >= 0.6 is 22.7 Å². The highest BCUT2D eigenvalue weighted by molar-refractivity contribution is 7.19. The number of hydrogen-bond acceptors (Lipinski definition) is 6. The van der Waals surface area contributed by atoms with Crippen molar-refractivity contribution in [2.75, 3.05) is 13.1 Å². The molecule has 24 heavy (non-hydrogen) atoms. The Labute approximate surface area is 145 Å². The maximum atomic E-state index is 11.8. The minimum absolute atomic E-state index is 0.233. The van der Waals surface area contributed by atoms with Gasteiger partial charge < -0.3 is 15.4 Å². The number of rotatable bonds is 2. The van der Waals surface area contributed by atoms with Gasteiger partial charge in [-0.3, -0.25) is 4.79 Å². The number of pyridine rings is 1. The molecule has 0 radical (unpaired) electrons. The van der Waals surface area contributed by atoms with Crippen LogP contribution in [0.5, 0.6) is 5.75 Å². The number of fused-ring (bicyclic) bond motifs is 1. The first-order chi connectivity index (χ1) is 11.7. The van der Waals surface area contributed by atoms with E-state index in [0.29, 0.717) is 10.2 Å². The molecular formula is C17H13N3O2S2. The number of nitrogens with one attached hydrogen (secondary N) is 2. The number of aromatic nitrogens is 1. The second kappa shape index (κ2) is 5.91. The van der Waals surface area contributed by atoms with Crippen molar-refractivity contribution in [2.45, 2.75) is 6.42 Å². The van der Waals surface area contributed by atoms with Crippen LogP contribution in [0.1, 0.15) is 16.9 Å². The van der Waals surface area contributed by atoms with Gasteiger partial charge in [-0.15, -0.1) is 22.7 Å². The predicted molar refractivity (Wildman–Crippen MR) is 97.6 cm³/mol. The quantitative estimate of drug-likeness (QED) is 0.658. The van der Waals surface area contributed by atoms with E-state index in [-0.39, 0.29) is 11.3 Å². The molecule has 0 saturated carbocycles. The molecule has 0 atom stereocenters. The first-order valence-corrected chi connectivity index (χ1v) is 9.15. The summed E-state index contributed by atoms with van der Waals surface area (Å²) in [6.45, 7) is 1.87. The molecule has 0 bridgehead atoms. The Hall–Kier alpha value is -2.40. The van der Waals surface area contributed by atoms with Crippen molar-refractivity contribution in [1.82, 2.24) is 10.3 Å². The van der Waals surface area contributed by atoms with Crippen molar-refractivity contribution < 1.29 is 5.11 Å². The summed E-state index contributed by atoms with van der Waals surface area (Å²) in [5.74, 6) is -0.233. The summed E-state index contributed by atoms with van der Waals surface area (Å²) in [4.78, 5) is 17.3. The first-order valence-electron chi connectivity index (χ1n) is 7.46. The molecule has 3 aromatic rings. The number of hydrogen-bond donors (Lipinski definition) is 3. The molecule has 1 aliphatic rings. The SMILES string of the molecule is N#Cc1c(O)c2c(-c3ccc(C4=CCNCC4)s3)csc2[nH]c1=O. The van der Waals surface area contributed by atoms with Gasteiger partial charge in [0.25, 0.3) is 5.56 Å². The van der Waals surface area contributed by atoms with Gasteiger partial charge in [0.1, 0.15) is 16.6 Å². The van der Waals surface area contributed by atoms with Gasteiger partial charge in [-0.2, -0.15) is 5.26 Å². The summed E-state index contributed by atoms with van der Waals surface area (Å²) in [5.41, 5.74) is 1.40. The Kier molecular flexibility index (Phi) is 3.73. The molecule has 7 heteroatoms. The predicted octanol–water partition coefficient (Wildman–Crippen LogP) is 3.27. The van der Waals surface area contributed by atoms with Crippen molar-refractivity contribution in [2.24, 2.45) is 0 Å². The standard InChI is InChI=1S/C17H13N3O2S2/c18-7-10-15(21)14-11(8-23-17(14)20-16(10)22)13-2-1-12(24-13)9-3-5-19-6-4-9/h1-3,8,19H,4-6H2,(H2,20,21,22). The van der Waals surface area contributed by atoms with E-state index in [1.165, 1.54) is 21.8 Å². The van der Waals surface area contributed by atoms with Crippen molar-refractivity contribution in [3.63, 3.8) is 0 Å². The number of aromatic amines is 1. The van der Waals surface area contributed by atoms with Gasteiger partial charge in [0.05, 0.1) is 5.39 Å². The zero-order valence-corrected chi connectivity index (χ0v) is 14.2. The molecule has 1 aliphatic heterocycles. The Morgan fingerprint density at radius 3 is 2.88 bits per heavy atom. The van der Waals surface area contributed by atoms with Gasteiger partial charge in [-0.25, -0.2) is 0 Å². The maximum Gasteiger partial charge on any atom is 0.270 e. The fourth-order valence-electron chi connectivity index (χ4n) is 2.87. The summed E-state index contributed by atoms with van der Waals surface area (Å²) >= 11 is 3.02. The summed E-state index contributed by atoms with van der Waals surface area (Å²) in [6, 6.07) is 5.90. The van der Waals surface area contributed by atoms with Crippen LogP contribution in [0.4, 0.5) is 0 Å². The summed E-state index contributed by atoms with van der Waals surface area (Å²) in [7, 11) is 0. The molecule has 0 aliphatic carbocycles. The lowest BCUT2D eigenvalue weighted by Crippen LogP contribution is -2.19. The van der Waals surface area contributed by atoms with E-state index >= 15 is 0 Å². The topological polar surface area (TPSA) is 88.9 Å². The van der Waals surface area contributed by atoms with Crippen molar-refractivity contribution in [3.8, 4) is 22.3 Å². The molecule has 120 valence electrons. The van der Waals surface area contributed by atoms with Gasteiger partial charge in [0, 0.05) is 27.2 Å². The minimum atomic E-state index is -0.553. The first kappa shape index (κ1) is 15.1. The van der Waals surface area contributed by atoms with E-state index in [2.05, 4.69) is 22.4 Å². The monoisotopic (exact) mass is 355 g/mol. The number of H-pyrrole nitrogens is 1. The van der Waals surface area contributed by atoms with E-state index < -0.39 is 5.56 Å². The summed E-state index contributed by atoms with van der Waals surface area (Å²) < 4.78 is 0. The summed E-state index contributed by atoms with van der Waals surface area (Å²) in [6.07, 6.45) is 3.20. The molecule has 3 N–H and O–H groups in total. The highest BCUT2D eigenvalue weighted by Crippen LogP contribution is 2.42. The second-order valence-corrected chi connectivity index (χ2v) is 7.45. The van der Waals surface area contributed by atoms with Crippen LogP contribution in [0.2, 0.25) is 0 Å². The van der Waals surface area contributed by atoms with Crippen molar-refractivity contribution >= 4 is 38.5 Å². The molecule has 0 amide bonds. The van der Waals surface area contributed by atoms with Crippen molar-refractivity contribution in [3.05, 3.63) is 44.4 Å². The van der Waals surface area contributed by atoms with Crippen LogP contribution < -0.4 is 10.9 Å². The maximum absolute atomic E-state index is 11.8. The molecular weight excluding hydrogens is 342 g/mol. The van der Waals surface area contributed by atoms with Gasteiger partial charge in [-0.05, 0) is 30.7 Å². The van der Waals surface area contributed by atoms with Crippen LogP contribution in [0.25, 0.3) is 26.2 Å². The third-order valence-corrected chi connectivity index (χ3v) is 6.17. The molecule has 0 saturated heterocycles. The van der Waals surface area contributed by atoms with E-state index in [4.69, 9.17) is 5.26 Å². The van der Waals surface area contributed by atoms with Crippen LogP contribution in [-0.4, -0.2) is 23.2 Å². The van der Waals surface area contributed by atoms with Crippen LogP contribution in [0.15, 0.2) is 28.4 Å². The largest absolute Gasteiger partial charge is 0.506 e. The molecule has 0 spiro atoms. The second-order valence-electron chi connectivity index (χ2n) is 5.49. The molecule has 0 fully saturated rings. The zero-order valence-electron chi connectivity index (χ0n) is 12.5. The lowest BCUT2D eigenvalue weighted by molar-refractivity contribution is 0.479. The van der Waals surface area contributed by atoms with E-state index in [9.17, 15) is 9.90 Å². The third kappa shape index (κ3) is 2.36.